The largest absolute Gasteiger partial charge is 0.481 e. The Balaban J connectivity index is 1.73. The number of aliphatic imine (C=N–C) groups is 1. The van der Waals surface area contributed by atoms with Gasteiger partial charge in [0, 0.05) is 53.3 Å². The maximum atomic E-state index is 14.6. The normalized spacial score (nSPS) is 21.0. The smallest absolute Gasteiger partial charge is 0.338 e. The van der Waals surface area contributed by atoms with E-state index in [1.807, 2.05) is 0 Å². The van der Waals surface area contributed by atoms with Gasteiger partial charge in [-0.2, -0.15) is 0 Å². The zero-order valence-electron chi connectivity index (χ0n) is 21.1. The maximum Gasteiger partial charge on any atom is 0.338 e. The minimum Gasteiger partial charge on any atom is -0.481 e. The zero-order valence-corrected chi connectivity index (χ0v) is 22.7. The molecule has 1 fully saturated rings. The molecule has 4 rings (SSSR count). The molecule has 3 heterocycles. The van der Waals surface area contributed by atoms with Crippen molar-refractivity contribution in [2.45, 2.75) is 57.0 Å². The van der Waals surface area contributed by atoms with Crippen LogP contribution in [-0.2, 0) is 14.3 Å². The average molecular weight is 585 g/mol. The number of ether oxygens (including phenoxy) is 1. The van der Waals surface area contributed by atoms with Crippen molar-refractivity contribution in [2.75, 3.05) is 19.7 Å². The Morgan fingerprint density at radius 2 is 2.13 bits per heavy atom. The number of amidine groups is 1. The number of unbranched alkanes of at least 4 members (excludes halogenated alkanes) is 1. The third-order valence-electron chi connectivity index (χ3n) is 6.54. The molecule has 0 saturated carbocycles. The number of carboxylic acid groups (broad SMARTS) is 1. The number of aliphatic carboxylic acids is 1. The van der Waals surface area contributed by atoms with Crippen LogP contribution < -0.4 is 5.32 Å². The molecule has 2 aromatic rings. The van der Waals surface area contributed by atoms with Crippen LogP contribution in [-0.4, -0.2) is 64.4 Å². The molecule has 1 aromatic carbocycles. The van der Waals surface area contributed by atoms with Gasteiger partial charge in [0.25, 0.3) is 5.92 Å². The van der Waals surface area contributed by atoms with Crippen molar-refractivity contribution in [1.82, 2.24) is 15.2 Å². The third-order valence-corrected chi connectivity index (χ3v) is 7.64. The quantitative estimate of drug-likeness (QED) is 0.276. The molecule has 0 spiro atoms. The van der Waals surface area contributed by atoms with Crippen molar-refractivity contribution >= 4 is 40.7 Å². The predicted octanol–water partition coefficient (Wildman–Crippen LogP) is 5.20. The van der Waals surface area contributed by atoms with Gasteiger partial charge in [-0.05, 0) is 31.9 Å². The lowest BCUT2D eigenvalue weighted by molar-refractivity contribution is -0.139. The summed E-state index contributed by atoms with van der Waals surface area (Å²) in [6.07, 6.45) is 2.42. The molecule has 2 N–H and O–H groups in total. The summed E-state index contributed by atoms with van der Waals surface area (Å²) in [5, 5.41) is 14.3. The summed E-state index contributed by atoms with van der Waals surface area (Å²) in [6, 6.07) is 2.24. The molecule has 0 radical (unpaired) electrons. The van der Waals surface area contributed by atoms with E-state index < -0.39 is 42.3 Å². The first kappa shape index (κ1) is 29.0. The van der Waals surface area contributed by atoms with Gasteiger partial charge in [0.2, 0.25) is 0 Å². The Hall–Kier alpha value is -2.96. The molecule has 39 heavy (non-hydrogen) atoms. The van der Waals surface area contributed by atoms with Crippen molar-refractivity contribution in [3.05, 3.63) is 62.5 Å². The fraction of sp³-hybridized carbons (Fsp3) is 0.462. The van der Waals surface area contributed by atoms with Crippen molar-refractivity contribution in [2.24, 2.45) is 4.99 Å². The Kier molecular flexibility index (Phi) is 9.29. The molecule has 210 valence electrons. The van der Waals surface area contributed by atoms with Gasteiger partial charge in [0.1, 0.15) is 11.9 Å². The van der Waals surface area contributed by atoms with E-state index >= 15 is 0 Å². The second kappa shape index (κ2) is 12.5. The number of rotatable bonds is 11. The second-order valence-electron chi connectivity index (χ2n) is 9.38. The number of hydrogen-bond donors (Lipinski definition) is 2. The first-order chi connectivity index (χ1) is 18.6. The van der Waals surface area contributed by atoms with Crippen molar-refractivity contribution in [3.63, 3.8) is 0 Å². The van der Waals surface area contributed by atoms with Crippen LogP contribution in [0.15, 0.2) is 46.0 Å². The standard InChI is InChI=1S/C26H28ClF3N4O4S/c1-2-38-25(37)21-19(13-34-14-26(29,30)12-16(34)5-3-4-6-20(35)36)32-23(24-31-9-10-39-24)33-22(21)17-8-7-15(28)11-18(17)27/h7-11,16,22H,2-6,12-14H2,1H3,(H,32,33)(H,35,36)/t16-,22-/m0/s1. The van der Waals surface area contributed by atoms with Gasteiger partial charge in [-0.25, -0.2) is 22.9 Å². The molecule has 0 unspecified atom stereocenters. The fourth-order valence-corrected chi connectivity index (χ4v) is 5.72. The van der Waals surface area contributed by atoms with Gasteiger partial charge < -0.3 is 15.2 Å². The van der Waals surface area contributed by atoms with E-state index in [-0.39, 0.29) is 36.6 Å². The van der Waals surface area contributed by atoms with Gasteiger partial charge in [-0.3, -0.25) is 14.7 Å². The first-order valence-electron chi connectivity index (χ1n) is 12.5. The number of aromatic nitrogens is 1. The number of carboxylic acids is 1. The van der Waals surface area contributed by atoms with Crippen LogP contribution in [0.2, 0.25) is 5.02 Å². The third kappa shape index (κ3) is 7.17. The Morgan fingerprint density at radius 1 is 1.33 bits per heavy atom. The van der Waals surface area contributed by atoms with Gasteiger partial charge in [0.15, 0.2) is 10.8 Å². The van der Waals surface area contributed by atoms with Crippen LogP contribution in [0, 0.1) is 5.82 Å². The van der Waals surface area contributed by atoms with Crippen LogP contribution in [0.3, 0.4) is 0 Å². The molecule has 1 aromatic heterocycles. The van der Waals surface area contributed by atoms with E-state index in [9.17, 15) is 22.8 Å². The van der Waals surface area contributed by atoms with E-state index in [2.05, 4.69) is 15.3 Å². The minimum atomic E-state index is -2.94. The number of nitrogens with zero attached hydrogens (tertiary/aromatic N) is 3. The molecule has 1 saturated heterocycles. The van der Waals surface area contributed by atoms with Crippen molar-refractivity contribution in [1.29, 1.82) is 0 Å². The average Bonchev–Trinajstić information content (AvgIpc) is 3.49. The van der Waals surface area contributed by atoms with Gasteiger partial charge >= 0.3 is 11.9 Å². The molecular weight excluding hydrogens is 557 g/mol. The van der Waals surface area contributed by atoms with E-state index in [4.69, 9.17) is 21.4 Å². The highest BCUT2D eigenvalue weighted by Gasteiger charge is 2.45. The first-order valence-corrected chi connectivity index (χ1v) is 13.8. The number of likely N-dealkylation sites (tertiary alicyclic amines) is 1. The van der Waals surface area contributed by atoms with Crippen LogP contribution >= 0.6 is 22.9 Å². The summed E-state index contributed by atoms with van der Waals surface area (Å²) in [5.74, 6) is -4.81. The SMILES string of the molecule is CCOC(=O)C1=C(CN2CC(F)(F)C[C@@H]2CCCCC(=O)O)NC(c2nccs2)=N[C@H]1c1ccc(F)cc1Cl. The molecule has 0 aliphatic carbocycles. The maximum absolute atomic E-state index is 14.6. The van der Waals surface area contributed by atoms with Crippen LogP contribution in [0.5, 0.6) is 0 Å². The van der Waals surface area contributed by atoms with Crippen molar-refractivity contribution in [3.8, 4) is 0 Å². The molecule has 2 atom stereocenters. The highest BCUT2D eigenvalue weighted by molar-refractivity contribution is 7.11. The highest BCUT2D eigenvalue weighted by Crippen LogP contribution is 2.39. The van der Waals surface area contributed by atoms with Crippen molar-refractivity contribution < 1.29 is 32.6 Å². The number of thiazole rings is 1. The molecule has 2 aliphatic heterocycles. The predicted molar refractivity (Wildman–Crippen MR) is 141 cm³/mol. The summed E-state index contributed by atoms with van der Waals surface area (Å²) in [5.41, 5.74) is 0.754. The van der Waals surface area contributed by atoms with Gasteiger partial charge in [-0.1, -0.05) is 24.1 Å². The number of esters is 1. The number of nitrogens with one attached hydrogen (secondary N) is 1. The van der Waals surface area contributed by atoms with Gasteiger partial charge in [-0.15, -0.1) is 11.3 Å². The fourth-order valence-electron chi connectivity index (χ4n) is 4.86. The lowest BCUT2D eigenvalue weighted by Gasteiger charge is -2.31. The summed E-state index contributed by atoms with van der Waals surface area (Å²) in [6.45, 7) is 1.14. The zero-order chi connectivity index (χ0) is 28.2. The second-order valence-corrected chi connectivity index (χ2v) is 10.7. The monoisotopic (exact) mass is 584 g/mol. The van der Waals surface area contributed by atoms with E-state index in [1.165, 1.54) is 23.5 Å². The Labute approximate surface area is 232 Å². The van der Waals surface area contributed by atoms with E-state index in [1.54, 1.807) is 23.4 Å². The highest BCUT2D eigenvalue weighted by atomic mass is 35.5. The summed E-state index contributed by atoms with van der Waals surface area (Å²) in [4.78, 5) is 34.7. The lowest BCUT2D eigenvalue weighted by atomic mass is 9.95. The molecule has 8 nitrogen and oxygen atoms in total. The number of halogens is 4. The van der Waals surface area contributed by atoms with E-state index in [0.717, 1.165) is 6.07 Å². The molecule has 13 heteroatoms. The molecule has 0 bridgehead atoms. The molecule has 2 aliphatic rings. The Bertz CT molecular complexity index is 1270. The molecule has 0 amide bonds. The number of carbonyl (C=O) groups is 2. The topological polar surface area (TPSA) is 104 Å². The number of benzene rings is 1. The van der Waals surface area contributed by atoms with Gasteiger partial charge in [0.05, 0.1) is 18.7 Å². The summed E-state index contributed by atoms with van der Waals surface area (Å²) >= 11 is 7.68. The lowest BCUT2D eigenvalue weighted by Crippen LogP contribution is -2.41. The summed E-state index contributed by atoms with van der Waals surface area (Å²) < 4.78 is 48.4. The minimum absolute atomic E-state index is 0.0312. The van der Waals surface area contributed by atoms with E-state index in [0.29, 0.717) is 41.4 Å². The number of alkyl halides is 2. The molecular formula is C26H28ClF3N4O4S. The summed E-state index contributed by atoms with van der Waals surface area (Å²) in [7, 11) is 0. The van der Waals surface area contributed by atoms with Crippen LogP contribution in [0.25, 0.3) is 0 Å². The Morgan fingerprint density at radius 3 is 2.79 bits per heavy atom. The van der Waals surface area contributed by atoms with Crippen LogP contribution in [0.1, 0.15) is 55.6 Å². The van der Waals surface area contributed by atoms with Crippen LogP contribution in [0.4, 0.5) is 13.2 Å². The number of hydrogen-bond acceptors (Lipinski definition) is 8. The number of carbonyl (C=O) groups excluding carboxylic acids is 1.